The summed E-state index contributed by atoms with van der Waals surface area (Å²) in [5, 5.41) is 5.57. The Morgan fingerprint density at radius 1 is 1.41 bits per heavy atom. The van der Waals surface area contributed by atoms with E-state index in [1.54, 1.807) is 20.8 Å². The van der Waals surface area contributed by atoms with Gasteiger partial charge in [-0.3, -0.25) is 9.69 Å². The summed E-state index contributed by atoms with van der Waals surface area (Å²) in [7, 11) is 0. The van der Waals surface area contributed by atoms with Crippen LogP contribution in [0.15, 0.2) is 9.98 Å². The molecule has 10 heteroatoms. The third-order valence-corrected chi connectivity index (χ3v) is 5.36. The highest BCUT2D eigenvalue weighted by atomic mass is 79.9. The van der Waals surface area contributed by atoms with Crippen molar-refractivity contribution in [3.63, 3.8) is 0 Å². The number of carbonyl (C=O) groups excluding carboxylic acids is 2. The van der Waals surface area contributed by atoms with Crippen LogP contribution in [0.2, 0.25) is 0 Å². The van der Waals surface area contributed by atoms with Crippen LogP contribution in [0.25, 0.3) is 0 Å². The van der Waals surface area contributed by atoms with E-state index >= 15 is 0 Å². The average molecular weight is 464 g/mol. The highest BCUT2D eigenvalue weighted by molar-refractivity contribution is 9.10. The molecule has 1 fully saturated rings. The van der Waals surface area contributed by atoms with Crippen LogP contribution in [0.5, 0.6) is 0 Å². The molecule has 0 unspecified atom stereocenters. The highest BCUT2D eigenvalue weighted by Crippen LogP contribution is 2.30. The number of halogens is 1. The van der Waals surface area contributed by atoms with Crippen LogP contribution in [0.1, 0.15) is 38.7 Å². The van der Waals surface area contributed by atoms with Gasteiger partial charge >= 0.3 is 12.1 Å². The molecule has 2 heterocycles. The summed E-state index contributed by atoms with van der Waals surface area (Å²) in [6.07, 6.45) is -0.562. The predicted octanol–water partition coefficient (Wildman–Crippen LogP) is 2.74. The van der Waals surface area contributed by atoms with E-state index in [1.807, 2.05) is 5.38 Å². The monoisotopic (exact) mass is 463 g/mol. The van der Waals surface area contributed by atoms with E-state index in [4.69, 9.17) is 14.2 Å². The first-order valence-corrected chi connectivity index (χ1v) is 10.4. The summed E-state index contributed by atoms with van der Waals surface area (Å²) in [6.45, 7) is 9.32. The zero-order chi connectivity index (χ0) is 20.0. The molecule has 27 heavy (non-hydrogen) atoms. The number of ether oxygens (including phenoxy) is 3. The second-order valence-electron chi connectivity index (χ2n) is 7.16. The topological polar surface area (TPSA) is 90.0 Å². The minimum Gasteiger partial charge on any atom is -0.464 e. The van der Waals surface area contributed by atoms with Gasteiger partial charge in [0.25, 0.3) is 0 Å². The maximum atomic E-state index is 12.4. The summed E-state index contributed by atoms with van der Waals surface area (Å²) < 4.78 is 16.8. The van der Waals surface area contributed by atoms with Crippen molar-refractivity contribution >= 4 is 39.3 Å². The lowest BCUT2D eigenvalue weighted by Gasteiger charge is -2.38. The molecule has 1 aliphatic heterocycles. The number of nitrogens with one attached hydrogen (secondary N) is 1. The third kappa shape index (κ3) is 7.36. The fourth-order valence-corrected chi connectivity index (χ4v) is 4.18. The Bertz CT molecular complexity index is 643. The zero-order valence-electron chi connectivity index (χ0n) is 16.0. The number of nitrogens with zero attached hydrogens (tertiary/aromatic N) is 2. The predicted molar refractivity (Wildman–Crippen MR) is 105 cm³/mol. The molecule has 0 radical (unpaired) electrons. The fourth-order valence-electron chi connectivity index (χ4n) is 2.72. The SMILES string of the molecule is CC(=O)OC[C@@H](NC(=O)OC(C)(C)C)[C@@H](c1nc(Br)cs1)N1CCOCC1. The number of thiazole rings is 1. The van der Waals surface area contributed by atoms with Gasteiger partial charge in [0.2, 0.25) is 0 Å². The lowest BCUT2D eigenvalue weighted by Crippen LogP contribution is -2.52. The molecule has 2 atom stereocenters. The normalized spacial score (nSPS) is 17.8. The molecule has 1 N–H and O–H groups in total. The van der Waals surface area contributed by atoms with Gasteiger partial charge in [0.05, 0.1) is 25.3 Å². The number of hydrogen-bond acceptors (Lipinski definition) is 8. The van der Waals surface area contributed by atoms with E-state index in [0.717, 1.165) is 9.61 Å². The van der Waals surface area contributed by atoms with Gasteiger partial charge in [0.1, 0.15) is 21.8 Å². The average Bonchev–Trinajstić information content (AvgIpc) is 2.98. The van der Waals surface area contributed by atoms with Crippen molar-refractivity contribution in [3.8, 4) is 0 Å². The van der Waals surface area contributed by atoms with Gasteiger partial charge in [-0.25, -0.2) is 9.78 Å². The van der Waals surface area contributed by atoms with Crippen molar-refractivity contribution < 1.29 is 23.8 Å². The van der Waals surface area contributed by atoms with Crippen LogP contribution < -0.4 is 5.32 Å². The number of esters is 1. The first-order valence-electron chi connectivity index (χ1n) is 8.71. The standard InChI is InChI=1S/C17H26BrN3O5S/c1-11(22)25-9-12(19-16(23)26-17(2,3)4)14(15-20-13(18)10-27-15)21-5-7-24-8-6-21/h10,12,14H,5-9H2,1-4H3,(H,19,23)/t12-,14+/m1/s1. The van der Waals surface area contributed by atoms with Crippen molar-refractivity contribution in [2.45, 2.75) is 45.4 Å². The molecule has 8 nitrogen and oxygen atoms in total. The van der Waals surface area contributed by atoms with Crippen LogP contribution in [0, 0.1) is 0 Å². The van der Waals surface area contributed by atoms with E-state index in [2.05, 4.69) is 31.1 Å². The highest BCUT2D eigenvalue weighted by Gasteiger charge is 2.35. The van der Waals surface area contributed by atoms with Crippen LogP contribution in [-0.4, -0.2) is 66.5 Å². The van der Waals surface area contributed by atoms with Crippen molar-refractivity contribution in [2.24, 2.45) is 0 Å². The second kappa shape index (κ2) is 9.81. The van der Waals surface area contributed by atoms with Gasteiger partial charge in [-0.15, -0.1) is 11.3 Å². The lowest BCUT2D eigenvalue weighted by molar-refractivity contribution is -0.142. The van der Waals surface area contributed by atoms with Gasteiger partial charge in [-0.2, -0.15) is 0 Å². The Balaban J connectivity index is 2.26. The molecule has 1 aromatic heterocycles. The fraction of sp³-hybridized carbons (Fsp3) is 0.706. The summed E-state index contributed by atoms with van der Waals surface area (Å²) in [4.78, 5) is 30.5. The molecule has 0 saturated carbocycles. The van der Waals surface area contributed by atoms with E-state index < -0.39 is 23.7 Å². The molecule has 1 amide bonds. The lowest BCUT2D eigenvalue weighted by atomic mass is 10.1. The summed E-state index contributed by atoms with van der Waals surface area (Å²) in [6, 6.07) is -0.781. The van der Waals surface area contributed by atoms with E-state index in [-0.39, 0.29) is 12.6 Å². The molecule has 1 aliphatic rings. The second-order valence-corrected chi connectivity index (χ2v) is 8.86. The number of amides is 1. The molecule has 0 spiro atoms. The van der Waals surface area contributed by atoms with Crippen molar-refractivity contribution in [1.29, 1.82) is 0 Å². The Morgan fingerprint density at radius 2 is 2.07 bits per heavy atom. The number of hydrogen-bond donors (Lipinski definition) is 1. The molecule has 2 rings (SSSR count). The van der Waals surface area contributed by atoms with Crippen LogP contribution in [0.4, 0.5) is 4.79 Å². The minimum absolute atomic E-state index is 0.0216. The largest absolute Gasteiger partial charge is 0.464 e. The zero-order valence-corrected chi connectivity index (χ0v) is 18.4. The van der Waals surface area contributed by atoms with Crippen LogP contribution in [0.3, 0.4) is 0 Å². The van der Waals surface area contributed by atoms with Crippen molar-refractivity contribution in [2.75, 3.05) is 32.9 Å². The Hall–Kier alpha value is -1.23. The number of morpholine rings is 1. The first kappa shape index (κ1) is 22.1. The number of rotatable bonds is 6. The van der Waals surface area contributed by atoms with Crippen LogP contribution >= 0.6 is 27.3 Å². The van der Waals surface area contributed by atoms with Crippen LogP contribution in [-0.2, 0) is 19.0 Å². The molecule has 0 aromatic carbocycles. The van der Waals surface area contributed by atoms with Gasteiger partial charge < -0.3 is 19.5 Å². The van der Waals surface area contributed by atoms with E-state index in [0.29, 0.717) is 26.3 Å². The Kier molecular flexibility index (Phi) is 8.02. The van der Waals surface area contributed by atoms with Crippen molar-refractivity contribution in [3.05, 3.63) is 15.0 Å². The van der Waals surface area contributed by atoms with Gasteiger partial charge in [0.15, 0.2) is 0 Å². The van der Waals surface area contributed by atoms with Gasteiger partial charge in [-0.05, 0) is 36.7 Å². The minimum atomic E-state index is -0.630. The molecule has 152 valence electrons. The molecule has 0 aliphatic carbocycles. The molecular formula is C17H26BrN3O5S. The third-order valence-electron chi connectivity index (χ3n) is 3.74. The van der Waals surface area contributed by atoms with Gasteiger partial charge in [-0.1, -0.05) is 0 Å². The maximum absolute atomic E-state index is 12.4. The molecule has 1 aromatic rings. The summed E-state index contributed by atoms with van der Waals surface area (Å²) in [5.41, 5.74) is -0.630. The number of carbonyl (C=O) groups is 2. The quantitative estimate of drug-likeness (QED) is 0.648. The van der Waals surface area contributed by atoms with Gasteiger partial charge in [0, 0.05) is 25.4 Å². The summed E-state index contributed by atoms with van der Waals surface area (Å²) >= 11 is 4.87. The Morgan fingerprint density at radius 3 is 2.59 bits per heavy atom. The first-order chi connectivity index (χ1) is 12.7. The van der Waals surface area contributed by atoms with E-state index in [1.165, 1.54) is 18.3 Å². The van der Waals surface area contributed by atoms with Crippen molar-refractivity contribution in [1.82, 2.24) is 15.2 Å². The maximum Gasteiger partial charge on any atom is 0.408 e. The number of aromatic nitrogens is 1. The summed E-state index contributed by atoms with van der Waals surface area (Å²) in [5.74, 6) is -0.410. The van der Waals surface area contributed by atoms with E-state index in [9.17, 15) is 9.59 Å². The molecule has 1 saturated heterocycles. The Labute approximate surface area is 171 Å². The smallest absolute Gasteiger partial charge is 0.408 e. The number of alkyl carbamates (subject to hydrolysis) is 1. The molecular weight excluding hydrogens is 438 g/mol. The molecule has 0 bridgehead atoms.